The molecular formula is C17H23NO3. The molecule has 0 saturated heterocycles. The van der Waals surface area contributed by atoms with E-state index < -0.39 is 0 Å². The van der Waals surface area contributed by atoms with Gasteiger partial charge in [0.15, 0.2) is 12.4 Å². The Morgan fingerprint density at radius 3 is 2.76 bits per heavy atom. The molecular weight excluding hydrogens is 266 g/mol. The van der Waals surface area contributed by atoms with Crippen molar-refractivity contribution in [1.82, 2.24) is 5.32 Å². The van der Waals surface area contributed by atoms with Gasteiger partial charge < -0.3 is 10.1 Å². The first-order chi connectivity index (χ1) is 10.1. The lowest BCUT2D eigenvalue weighted by atomic mass is 9.86. The Bertz CT molecular complexity index is 513. The van der Waals surface area contributed by atoms with E-state index in [-0.39, 0.29) is 24.3 Å². The van der Waals surface area contributed by atoms with E-state index in [0.29, 0.717) is 17.2 Å². The minimum absolute atomic E-state index is 0.00935. The number of Topliss-reactive ketones (excluding diaryl/α,β-unsaturated/α-hetero) is 1. The summed E-state index contributed by atoms with van der Waals surface area (Å²) in [5.41, 5.74) is 0.591. The van der Waals surface area contributed by atoms with Gasteiger partial charge in [0.05, 0.1) is 0 Å². The van der Waals surface area contributed by atoms with Crippen LogP contribution in [0.25, 0.3) is 0 Å². The largest absolute Gasteiger partial charge is 0.484 e. The first-order valence-corrected chi connectivity index (χ1v) is 7.59. The third kappa shape index (κ3) is 4.59. The number of benzene rings is 1. The maximum Gasteiger partial charge on any atom is 0.258 e. The molecule has 0 aliphatic heterocycles. The van der Waals surface area contributed by atoms with Gasteiger partial charge in [-0.25, -0.2) is 0 Å². The zero-order chi connectivity index (χ0) is 15.2. The van der Waals surface area contributed by atoms with Gasteiger partial charge in [-0.05, 0) is 37.8 Å². The third-order valence-corrected chi connectivity index (χ3v) is 4.07. The molecule has 21 heavy (non-hydrogen) atoms. The van der Waals surface area contributed by atoms with Crippen LogP contribution in [-0.4, -0.2) is 24.3 Å². The highest BCUT2D eigenvalue weighted by atomic mass is 16.5. The molecule has 1 N–H and O–H groups in total. The standard InChI is InChI=1S/C17H23NO3/c1-12-6-3-4-9-16(12)18-17(20)11-21-15-8-5-7-14(10-15)13(2)19/h5,7-8,10,12,16H,3-4,6,9,11H2,1-2H3,(H,18,20)/t12-,16-/m0/s1. The van der Waals surface area contributed by atoms with Gasteiger partial charge in [0.2, 0.25) is 0 Å². The van der Waals surface area contributed by atoms with Crippen molar-refractivity contribution in [3.63, 3.8) is 0 Å². The number of rotatable bonds is 5. The summed E-state index contributed by atoms with van der Waals surface area (Å²) in [6.07, 6.45) is 4.65. The topological polar surface area (TPSA) is 55.4 Å². The maximum atomic E-state index is 11.9. The van der Waals surface area contributed by atoms with Crippen molar-refractivity contribution in [3.8, 4) is 5.75 Å². The van der Waals surface area contributed by atoms with Crippen LogP contribution >= 0.6 is 0 Å². The van der Waals surface area contributed by atoms with Gasteiger partial charge in [-0.15, -0.1) is 0 Å². The molecule has 1 aromatic rings. The van der Waals surface area contributed by atoms with Crippen molar-refractivity contribution in [2.24, 2.45) is 5.92 Å². The van der Waals surface area contributed by atoms with Crippen molar-refractivity contribution in [1.29, 1.82) is 0 Å². The normalized spacial score (nSPS) is 21.6. The second-order valence-corrected chi connectivity index (χ2v) is 5.81. The molecule has 1 fully saturated rings. The molecule has 1 amide bonds. The van der Waals surface area contributed by atoms with Crippen LogP contribution in [0.3, 0.4) is 0 Å². The summed E-state index contributed by atoms with van der Waals surface area (Å²) >= 11 is 0. The minimum atomic E-state index is -0.0954. The maximum absolute atomic E-state index is 11.9. The minimum Gasteiger partial charge on any atom is -0.484 e. The summed E-state index contributed by atoms with van der Waals surface area (Å²) in [7, 11) is 0. The molecule has 1 aliphatic carbocycles. The van der Waals surface area contributed by atoms with E-state index in [0.717, 1.165) is 6.42 Å². The van der Waals surface area contributed by atoms with Crippen LogP contribution in [0.1, 0.15) is 49.9 Å². The number of carbonyl (C=O) groups is 2. The SMILES string of the molecule is CC(=O)c1cccc(OCC(=O)N[C@H]2CCCC[C@@H]2C)c1. The number of hydrogen-bond acceptors (Lipinski definition) is 3. The van der Waals surface area contributed by atoms with E-state index in [4.69, 9.17) is 4.74 Å². The monoisotopic (exact) mass is 289 g/mol. The van der Waals surface area contributed by atoms with Crippen molar-refractivity contribution in [3.05, 3.63) is 29.8 Å². The summed E-state index contributed by atoms with van der Waals surface area (Å²) in [6.45, 7) is 3.68. The molecule has 0 aromatic heterocycles. The van der Waals surface area contributed by atoms with E-state index >= 15 is 0 Å². The smallest absolute Gasteiger partial charge is 0.258 e. The summed E-state index contributed by atoms with van der Waals surface area (Å²) in [6, 6.07) is 7.17. The highest BCUT2D eigenvalue weighted by molar-refractivity contribution is 5.94. The Hall–Kier alpha value is -1.84. The van der Waals surface area contributed by atoms with Gasteiger partial charge >= 0.3 is 0 Å². The molecule has 2 rings (SSSR count). The van der Waals surface area contributed by atoms with Gasteiger partial charge in [-0.3, -0.25) is 9.59 Å². The Balaban J connectivity index is 1.83. The third-order valence-electron chi connectivity index (χ3n) is 4.07. The number of ketones is 1. The number of nitrogens with one attached hydrogen (secondary N) is 1. The van der Waals surface area contributed by atoms with Gasteiger partial charge in [0.25, 0.3) is 5.91 Å². The van der Waals surface area contributed by atoms with Crippen LogP contribution in [0.15, 0.2) is 24.3 Å². The lowest BCUT2D eigenvalue weighted by Crippen LogP contribution is -2.43. The first-order valence-electron chi connectivity index (χ1n) is 7.59. The number of hydrogen-bond donors (Lipinski definition) is 1. The second-order valence-electron chi connectivity index (χ2n) is 5.81. The molecule has 114 valence electrons. The highest BCUT2D eigenvalue weighted by Gasteiger charge is 2.22. The van der Waals surface area contributed by atoms with Crippen LogP contribution < -0.4 is 10.1 Å². The zero-order valence-electron chi connectivity index (χ0n) is 12.7. The Morgan fingerprint density at radius 2 is 2.05 bits per heavy atom. The average Bonchev–Trinajstić information content (AvgIpc) is 2.48. The van der Waals surface area contributed by atoms with Crippen molar-refractivity contribution in [2.75, 3.05) is 6.61 Å². The van der Waals surface area contributed by atoms with Crippen LogP contribution in [-0.2, 0) is 4.79 Å². The second kappa shape index (κ2) is 7.25. The summed E-state index contributed by atoms with van der Waals surface area (Å²) in [5, 5.41) is 3.05. The molecule has 4 heteroatoms. The Labute approximate surface area is 125 Å². The van der Waals surface area contributed by atoms with Crippen molar-refractivity contribution < 1.29 is 14.3 Å². The molecule has 1 aromatic carbocycles. The molecule has 0 radical (unpaired) electrons. The van der Waals surface area contributed by atoms with E-state index in [1.807, 2.05) is 0 Å². The number of amides is 1. The molecule has 0 unspecified atom stereocenters. The highest BCUT2D eigenvalue weighted by Crippen LogP contribution is 2.23. The fraction of sp³-hybridized carbons (Fsp3) is 0.529. The molecule has 0 heterocycles. The van der Waals surface area contributed by atoms with E-state index in [9.17, 15) is 9.59 Å². The van der Waals surface area contributed by atoms with Gasteiger partial charge in [0, 0.05) is 11.6 Å². The van der Waals surface area contributed by atoms with Crippen LogP contribution in [0.5, 0.6) is 5.75 Å². The van der Waals surface area contributed by atoms with Gasteiger partial charge in [-0.1, -0.05) is 31.9 Å². The molecule has 4 nitrogen and oxygen atoms in total. The summed E-state index contributed by atoms with van der Waals surface area (Å²) in [5.74, 6) is 0.973. The number of carbonyl (C=O) groups excluding carboxylic acids is 2. The van der Waals surface area contributed by atoms with Gasteiger partial charge in [-0.2, -0.15) is 0 Å². The predicted octanol–water partition coefficient (Wildman–Crippen LogP) is 2.96. The summed E-state index contributed by atoms with van der Waals surface area (Å²) < 4.78 is 5.47. The first kappa shape index (κ1) is 15.5. The molecule has 0 bridgehead atoms. The molecule has 2 atom stereocenters. The fourth-order valence-electron chi connectivity index (χ4n) is 2.73. The van der Waals surface area contributed by atoms with Gasteiger partial charge in [0.1, 0.15) is 5.75 Å². The lowest BCUT2D eigenvalue weighted by molar-refractivity contribution is -0.124. The van der Waals surface area contributed by atoms with E-state index in [1.165, 1.54) is 26.2 Å². The Kier molecular flexibility index (Phi) is 5.37. The average molecular weight is 289 g/mol. The van der Waals surface area contributed by atoms with E-state index in [2.05, 4.69) is 12.2 Å². The van der Waals surface area contributed by atoms with Crippen LogP contribution in [0, 0.1) is 5.92 Å². The van der Waals surface area contributed by atoms with Crippen LogP contribution in [0.4, 0.5) is 0 Å². The molecule has 1 saturated carbocycles. The van der Waals surface area contributed by atoms with Crippen LogP contribution in [0.2, 0.25) is 0 Å². The molecule has 1 aliphatic rings. The van der Waals surface area contributed by atoms with Crippen molar-refractivity contribution in [2.45, 2.75) is 45.6 Å². The zero-order valence-corrected chi connectivity index (χ0v) is 12.7. The predicted molar refractivity (Wildman–Crippen MR) is 81.5 cm³/mol. The lowest BCUT2D eigenvalue weighted by Gasteiger charge is -2.29. The fourth-order valence-corrected chi connectivity index (χ4v) is 2.73. The van der Waals surface area contributed by atoms with Crippen molar-refractivity contribution >= 4 is 11.7 Å². The number of ether oxygens (including phenoxy) is 1. The Morgan fingerprint density at radius 1 is 1.29 bits per heavy atom. The summed E-state index contributed by atoms with van der Waals surface area (Å²) in [4.78, 5) is 23.2. The van der Waals surface area contributed by atoms with E-state index in [1.54, 1.807) is 24.3 Å². The molecule has 0 spiro atoms. The quantitative estimate of drug-likeness (QED) is 0.848.